The molecule has 0 N–H and O–H groups in total. The van der Waals surface area contributed by atoms with Gasteiger partial charge in [0.1, 0.15) is 6.29 Å². The molecule has 0 saturated carbocycles. The Balaban J connectivity index is 2.99. The maximum atomic E-state index is 10.3. The summed E-state index contributed by atoms with van der Waals surface area (Å²) in [6.45, 7) is 1.77. The van der Waals surface area contributed by atoms with Crippen molar-refractivity contribution in [2.24, 2.45) is 0 Å². The summed E-state index contributed by atoms with van der Waals surface area (Å²) in [6, 6.07) is 6.07. The van der Waals surface area contributed by atoms with Crippen LogP contribution < -0.4 is 0 Å². The summed E-state index contributed by atoms with van der Waals surface area (Å²) in [5.41, 5.74) is 1.64. The summed E-state index contributed by atoms with van der Waals surface area (Å²) in [5.74, 6) is 0. The molecule has 0 aromatic heterocycles. The zero-order valence-electron chi connectivity index (χ0n) is 7.64. The molecular formula is C10H9NO3. The molecule has 0 spiro atoms. The second-order valence-corrected chi connectivity index (χ2v) is 2.79. The molecule has 1 aromatic carbocycles. The van der Waals surface area contributed by atoms with Gasteiger partial charge in [-0.1, -0.05) is 0 Å². The summed E-state index contributed by atoms with van der Waals surface area (Å²) < 4.78 is 0. The summed E-state index contributed by atoms with van der Waals surface area (Å²) in [7, 11) is 0. The molecule has 0 aliphatic heterocycles. The standard InChI is InChI=1S/C10H9NO3/c1-8(6-7-12)9-2-4-10(5-3-9)11(13)14/h2-7H,1H3/b8-6+. The van der Waals surface area contributed by atoms with Crippen LogP contribution in [0.25, 0.3) is 5.57 Å². The lowest BCUT2D eigenvalue weighted by atomic mass is 10.1. The first-order valence-corrected chi connectivity index (χ1v) is 4.02. The molecule has 14 heavy (non-hydrogen) atoms. The average Bonchev–Trinajstić information content (AvgIpc) is 2.18. The number of hydrogen-bond donors (Lipinski definition) is 0. The highest BCUT2D eigenvalue weighted by atomic mass is 16.6. The van der Waals surface area contributed by atoms with E-state index >= 15 is 0 Å². The van der Waals surface area contributed by atoms with Gasteiger partial charge in [0.15, 0.2) is 0 Å². The van der Waals surface area contributed by atoms with Gasteiger partial charge in [-0.3, -0.25) is 14.9 Å². The third-order valence-corrected chi connectivity index (χ3v) is 1.85. The SMILES string of the molecule is C/C(=C\C=O)c1ccc([N+](=O)[O-])cc1. The summed E-state index contributed by atoms with van der Waals surface area (Å²) >= 11 is 0. The fraction of sp³-hybridized carbons (Fsp3) is 0.100. The second-order valence-electron chi connectivity index (χ2n) is 2.79. The Labute approximate surface area is 81.0 Å². The number of nitro groups is 1. The van der Waals surface area contributed by atoms with Crippen LogP contribution in [0.5, 0.6) is 0 Å². The van der Waals surface area contributed by atoms with Crippen LogP contribution in [0.4, 0.5) is 5.69 Å². The van der Waals surface area contributed by atoms with E-state index in [1.54, 1.807) is 19.1 Å². The van der Waals surface area contributed by atoms with E-state index in [-0.39, 0.29) is 5.69 Å². The van der Waals surface area contributed by atoms with Crippen molar-refractivity contribution in [3.05, 3.63) is 46.0 Å². The number of nitro benzene ring substituents is 1. The maximum Gasteiger partial charge on any atom is 0.269 e. The highest BCUT2D eigenvalue weighted by Gasteiger charge is 2.03. The monoisotopic (exact) mass is 191 g/mol. The van der Waals surface area contributed by atoms with Crippen LogP contribution in [0.2, 0.25) is 0 Å². The molecule has 0 unspecified atom stereocenters. The van der Waals surface area contributed by atoms with E-state index in [1.807, 2.05) is 0 Å². The predicted octanol–water partition coefficient (Wildman–Crippen LogP) is 2.20. The minimum atomic E-state index is -0.456. The van der Waals surface area contributed by atoms with Gasteiger partial charge in [0.25, 0.3) is 5.69 Å². The Morgan fingerprint density at radius 1 is 1.36 bits per heavy atom. The molecule has 0 atom stereocenters. The molecule has 0 heterocycles. The van der Waals surface area contributed by atoms with E-state index in [0.717, 1.165) is 11.1 Å². The number of benzene rings is 1. The average molecular weight is 191 g/mol. The highest BCUT2D eigenvalue weighted by molar-refractivity contribution is 5.80. The van der Waals surface area contributed by atoms with Crippen LogP contribution >= 0.6 is 0 Å². The van der Waals surface area contributed by atoms with Crippen LogP contribution in [-0.2, 0) is 4.79 Å². The summed E-state index contributed by atoms with van der Waals surface area (Å²) in [6.07, 6.45) is 2.11. The van der Waals surface area contributed by atoms with E-state index in [9.17, 15) is 14.9 Å². The minimum absolute atomic E-state index is 0.0488. The number of rotatable bonds is 3. The van der Waals surface area contributed by atoms with Crippen molar-refractivity contribution in [1.82, 2.24) is 0 Å². The molecule has 1 aromatic rings. The number of carbonyl (C=O) groups is 1. The van der Waals surface area contributed by atoms with Crippen molar-refractivity contribution in [2.45, 2.75) is 6.92 Å². The molecule has 4 heteroatoms. The Morgan fingerprint density at radius 2 is 1.93 bits per heavy atom. The lowest BCUT2D eigenvalue weighted by Crippen LogP contribution is -1.88. The summed E-state index contributed by atoms with van der Waals surface area (Å²) in [4.78, 5) is 20.1. The van der Waals surface area contributed by atoms with Crippen molar-refractivity contribution < 1.29 is 9.72 Å². The third kappa shape index (κ3) is 2.26. The zero-order valence-corrected chi connectivity index (χ0v) is 7.64. The topological polar surface area (TPSA) is 60.2 Å². The molecule has 1 rings (SSSR count). The van der Waals surface area contributed by atoms with Crippen LogP contribution in [0.3, 0.4) is 0 Å². The van der Waals surface area contributed by atoms with Gasteiger partial charge in [0.2, 0.25) is 0 Å². The van der Waals surface area contributed by atoms with Gasteiger partial charge in [-0.25, -0.2) is 0 Å². The van der Waals surface area contributed by atoms with Crippen LogP contribution in [0, 0.1) is 10.1 Å². The Morgan fingerprint density at radius 3 is 2.36 bits per heavy atom. The smallest absolute Gasteiger partial charge is 0.269 e. The number of carbonyl (C=O) groups excluding carboxylic acids is 1. The molecule has 0 aliphatic rings. The van der Waals surface area contributed by atoms with E-state index in [4.69, 9.17) is 0 Å². The lowest BCUT2D eigenvalue weighted by Gasteiger charge is -1.98. The molecule has 0 aliphatic carbocycles. The first-order valence-electron chi connectivity index (χ1n) is 4.02. The number of aldehydes is 1. The molecule has 0 saturated heterocycles. The quantitative estimate of drug-likeness (QED) is 0.318. The number of hydrogen-bond acceptors (Lipinski definition) is 3. The Bertz CT molecular complexity index is 379. The molecule has 4 nitrogen and oxygen atoms in total. The normalized spacial score (nSPS) is 11.1. The van der Waals surface area contributed by atoms with Gasteiger partial charge in [0.05, 0.1) is 4.92 Å². The minimum Gasteiger partial charge on any atom is -0.299 e. The van der Waals surface area contributed by atoms with Gasteiger partial charge in [-0.05, 0) is 36.3 Å². The maximum absolute atomic E-state index is 10.3. The Hall–Kier alpha value is -1.97. The first-order chi connectivity index (χ1) is 6.65. The Kier molecular flexibility index (Phi) is 3.12. The van der Waals surface area contributed by atoms with Crippen molar-refractivity contribution in [3.8, 4) is 0 Å². The van der Waals surface area contributed by atoms with Crippen molar-refractivity contribution >= 4 is 17.5 Å². The number of allylic oxidation sites excluding steroid dienone is 2. The number of non-ortho nitro benzene ring substituents is 1. The second kappa shape index (κ2) is 4.32. The fourth-order valence-corrected chi connectivity index (χ4v) is 1.04. The zero-order chi connectivity index (χ0) is 10.6. The van der Waals surface area contributed by atoms with Crippen LogP contribution in [0.15, 0.2) is 30.3 Å². The molecule has 72 valence electrons. The van der Waals surface area contributed by atoms with Gasteiger partial charge < -0.3 is 0 Å². The fourth-order valence-electron chi connectivity index (χ4n) is 1.04. The van der Waals surface area contributed by atoms with Gasteiger partial charge in [-0.2, -0.15) is 0 Å². The van der Waals surface area contributed by atoms with Crippen LogP contribution in [-0.4, -0.2) is 11.2 Å². The first kappa shape index (κ1) is 10.1. The van der Waals surface area contributed by atoms with E-state index < -0.39 is 4.92 Å². The molecule has 0 fully saturated rings. The predicted molar refractivity (Wildman–Crippen MR) is 52.8 cm³/mol. The van der Waals surface area contributed by atoms with E-state index in [0.29, 0.717) is 6.29 Å². The van der Waals surface area contributed by atoms with Crippen molar-refractivity contribution in [2.75, 3.05) is 0 Å². The highest BCUT2D eigenvalue weighted by Crippen LogP contribution is 2.17. The lowest BCUT2D eigenvalue weighted by molar-refractivity contribution is -0.384. The third-order valence-electron chi connectivity index (χ3n) is 1.85. The van der Waals surface area contributed by atoms with Crippen molar-refractivity contribution in [1.29, 1.82) is 0 Å². The van der Waals surface area contributed by atoms with E-state index in [1.165, 1.54) is 18.2 Å². The van der Waals surface area contributed by atoms with E-state index in [2.05, 4.69) is 0 Å². The van der Waals surface area contributed by atoms with Crippen LogP contribution in [0.1, 0.15) is 12.5 Å². The summed E-state index contributed by atoms with van der Waals surface area (Å²) in [5, 5.41) is 10.3. The molecule has 0 radical (unpaired) electrons. The van der Waals surface area contributed by atoms with Gasteiger partial charge in [0, 0.05) is 12.1 Å². The van der Waals surface area contributed by atoms with Gasteiger partial charge >= 0.3 is 0 Å². The largest absolute Gasteiger partial charge is 0.299 e. The molecular weight excluding hydrogens is 182 g/mol. The number of nitrogens with zero attached hydrogens (tertiary/aromatic N) is 1. The van der Waals surface area contributed by atoms with Crippen molar-refractivity contribution in [3.63, 3.8) is 0 Å². The molecule has 0 amide bonds. The molecule has 0 bridgehead atoms. The van der Waals surface area contributed by atoms with Gasteiger partial charge in [-0.15, -0.1) is 0 Å².